The van der Waals surface area contributed by atoms with Gasteiger partial charge in [0.25, 0.3) is 0 Å². The Labute approximate surface area is 213 Å². The van der Waals surface area contributed by atoms with Crippen molar-refractivity contribution in [3.8, 4) is 11.8 Å². The number of anilines is 1. The third-order valence-corrected chi connectivity index (χ3v) is 9.32. The average molecular weight is 528 g/mol. The molecule has 0 aliphatic carbocycles. The summed E-state index contributed by atoms with van der Waals surface area (Å²) in [5, 5.41) is 18.7. The summed E-state index contributed by atoms with van der Waals surface area (Å²) in [6.45, 7) is 2.44. The van der Waals surface area contributed by atoms with Gasteiger partial charge in [-0.25, -0.2) is 13.4 Å². The van der Waals surface area contributed by atoms with Crippen molar-refractivity contribution in [1.29, 1.82) is 5.26 Å². The highest BCUT2D eigenvalue weighted by molar-refractivity contribution is 7.92. The maximum Gasteiger partial charge on any atom is 0.232 e. The second kappa shape index (κ2) is 8.80. The highest BCUT2D eigenvalue weighted by Gasteiger charge is 2.40. The van der Waals surface area contributed by atoms with Crippen LogP contribution in [0.4, 0.5) is 10.2 Å². The van der Waals surface area contributed by atoms with Crippen LogP contribution in [0.15, 0.2) is 30.3 Å². The molecule has 2 aromatic heterocycles. The van der Waals surface area contributed by atoms with E-state index in [1.54, 1.807) is 12.1 Å². The molecule has 9 nitrogen and oxygen atoms in total. The van der Waals surface area contributed by atoms with E-state index < -0.39 is 15.8 Å². The number of pyridine rings is 1. The van der Waals surface area contributed by atoms with Gasteiger partial charge in [0.15, 0.2) is 15.7 Å². The van der Waals surface area contributed by atoms with Crippen LogP contribution in [-0.2, 0) is 22.9 Å². The Morgan fingerprint density at radius 3 is 2.56 bits per heavy atom. The standard InChI is InChI=1S/C24H23ClFN7O2S/c25-18-2-3-20-17(9-18)11-32(19-13-36(34,35)14-19)12-22-29-30-24(33(20)22)15-5-7-31(8-6-15)21-4-1-16(10-27)23(26)28-21/h1-4,9,15,19H,5-8,11-14H2. The number of nitriles is 1. The molecule has 0 radical (unpaired) electrons. The van der Waals surface area contributed by atoms with Gasteiger partial charge < -0.3 is 4.90 Å². The monoisotopic (exact) mass is 527 g/mol. The molecule has 36 heavy (non-hydrogen) atoms. The third-order valence-electron chi connectivity index (χ3n) is 7.30. The van der Waals surface area contributed by atoms with Gasteiger partial charge in [-0.3, -0.25) is 9.47 Å². The van der Waals surface area contributed by atoms with E-state index in [1.165, 1.54) is 6.07 Å². The number of rotatable bonds is 3. The third kappa shape index (κ3) is 4.13. The Balaban J connectivity index is 1.27. The zero-order valence-corrected chi connectivity index (χ0v) is 20.9. The molecule has 1 aromatic carbocycles. The topological polar surface area (TPSA) is 108 Å². The quantitative estimate of drug-likeness (QED) is 0.478. The van der Waals surface area contributed by atoms with Crippen LogP contribution in [0.3, 0.4) is 0 Å². The Hall–Kier alpha value is -3.07. The maximum atomic E-state index is 14.0. The zero-order valence-electron chi connectivity index (χ0n) is 19.3. The van der Waals surface area contributed by atoms with Crippen LogP contribution in [0.1, 0.15) is 41.5 Å². The Morgan fingerprint density at radius 1 is 1.08 bits per heavy atom. The van der Waals surface area contributed by atoms with Crippen LogP contribution in [-0.4, -0.2) is 63.7 Å². The minimum Gasteiger partial charge on any atom is -0.356 e. The molecule has 0 atom stereocenters. The lowest BCUT2D eigenvalue weighted by Gasteiger charge is -2.35. The van der Waals surface area contributed by atoms with Gasteiger partial charge in [0, 0.05) is 36.6 Å². The Kier molecular flexibility index (Phi) is 5.70. The van der Waals surface area contributed by atoms with Crippen molar-refractivity contribution in [1.82, 2.24) is 24.6 Å². The van der Waals surface area contributed by atoms with Crippen LogP contribution in [0.2, 0.25) is 5.02 Å². The van der Waals surface area contributed by atoms with E-state index in [9.17, 15) is 12.8 Å². The van der Waals surface area contributed by atoms with Gasteiger partial charge in [-0.15, -0.1) is 10.2 Å². The highest BCUT2D eigenvalue weighted by Crippen LogP contribution is 2.35. The van der Waals surface area contributed by atoms with Crippen LogP contribution in [0.5, 0.6) is 0 Å². The normalized spacial score (nSPS) is 20.2. The SMILES string of the molecule is N#Cc1ccc(N2CCC(c3nnc4n3-c3ccc(Cl)cc3CN(C3CS(=O)(=O)C3)C4)CC2)nc1F. The first-order valence-corrected chi connectivity index (χ1v) is 14.0. The number of aromatic nitrogens is 4. The summed E-state index contributed by atoms with van der Waals surface area (Å²) in [5.41, 5.74) is 1.92. The van der Waals surface area contributed by atoms with Crippen molar-refractivity contribution in [2.45, 2.75) is 37.9 Å². The smallest absolute Gasteiger partial charge is 0.232 e. The molecule has 3 aliphatic heterocycles. The lowest BCUT2D eigenvalue weighted by molar-refractivity contribution is 0.193. The minimum absolute atomic E-state index is 0.0444. The summed E-state index contributed by atoms with van der Waals surface area (Å²) in [4.78, 5) is 8.14. The molecule has 3 aromatic rings. The Bertz CT molecular complexity index is 1480. The number of fused-ring (bicyclic) bond motifs is 3. The predicted octanol–water partition coefficient (Wildman–Crippen LogP) is 2.82. The fourth-order valence-electron chi connectivity index (χ4n) is 5.37. The molecule has 5 heterocycles. The van der Waals surface area contributed by atoms with E-state index in [-0.39, 0.29) is 29.0 Å². The molecule has 0 N–H and O–H groups in total. The minimum atomic E-state index is -2.96. The number of halogens is 2. The van der Waals surface area contributed by atoms with Gasteiger partial charge in [0.05, 0.1) is 23.7 Å². The summed E-state index contributed by atoms with van der Waals surface area (Å²) in [6, 6.07) is 10.7. The van der Waals surface area contributed by atoms with Crippen molar-refractivity contribution in [2.24, 2.45) is 0 Å². The van der Waals surface area contributed by atoms with Gasteiger partial charge in [-0.2, -0.15) is 9.65 Å². The molecule has 2 saturated heterocycles. The first-order chi connectivity index (χ1) is 17.3. The van der Waals surface area contributed by atoms with Crippen molar-refractivity contribution in [3.05, 3.63) is 64.1 Å². The molecule has 12 heteroatoms. The summed E-state index contributed by atoms with van der Waals surface area (Å²) in [5.74, 6) is 1.89. The molecule has 3 aliphatic rings. The van der Waals surface area contributed by atoms with Gasteiger partial charge in [-0.05, 0) is 48.7 Å². The largest absolute Gasteiger partial charge is 0.356 e. The lowest BCUT2D eigenvalue weighted by atomic mass is 9.95. The van der Waals surface area contributed by atoms with Crippen molar-refractivity contribution in [2.75, 3.05) is 29.5 Å². The summed E-state index contributed by atoms with van der Waals surface area (Å²) >= 11 is 6.33. The molecular weight excluding hydrogens is 505 g/mol. The van der Waals surface area contributed by atoms with Crippen molar-refractivity contribution < 1.29 is 12.8 Å². The number of hydrogen-bond acceptors (Lipinski definition) is 8. The van der Waals surface area contributed by atoms with Gasteiger partial charge in [0.1, 0.15) is 23.3 Å². The number of benzene rings is 1. The second-order valence-corrected chi connectivity index (χ2v) is 12.2. The van der Waals surface area contributed by atoms with E-state index in [0.29, 0.717) is 37.0 Å². The van der Waals surface area contributed by atoms with E-state index in [0.717, 1.165) is 35.7 Å². The predicted molar refractivity (Wildman–Crippen MR) is 131 cm³/mol. The molecule has 0 spiro atoms. The highest BCUT2D eigenvalue weighted by atomic mass is 35.5. The van der Waals surface area contributed by atoms with Crippen molar-refractivity contribution >= 4 is 27.3 Å². The van der Waals surface area contributed by atoms with Gasteiger partial charge in [-0.1, -0.05) is 11.6 Å². The van der Waals surface area contributed by atoms with Gasteiger partial charge in [0.2, 0.25) is 5.95 Å². The number of hydrogen-bond donors (Lipinski definition) is 0. The van der Waals surface area contributed by atoms with Crippen LogP contribution < -0.4 is 4.90 Å². The van der Waals surface area contributed by atoms with E-state index >= 15 is 0 Å². The van der Waals surface area contributed by atoms with Crippen LogP contribution in [0.25, 0.3) is 5.69 Å². The summed E-state index contributed by atoms with van der Waals surface area (Å²) in [7, 11) is -2.96. The van der Waals surface area contributed by atoms with E-state index in [4.69, 9.17) is 16.9 Å². The molecule has 0 unspecified atom stereocenters. The molecule has 0 amide bonds. The molecule has 2 fully saturated rings. The molecule has 0 bridgehead atoms. The first-order valence-electron chi connectivity index (χ1n) is 11.8. The summed E-state index contributed by atoms with van der Waals surface area (Å²) < 4.78 is 39.8. The lowest BCUT2D eigenvalue weighted by Crippen LogP contribution is -2.52. The number of sulfone groups is 1. The molecule has 0 saturated carbocycles. The number of nitrogens with zero attached hydrogens (tertiary/aromatic N) is 7. The Morgan fingerprint density at radius 2 is 1.86 bits per heavy atom. The molecule has 186 valence electrons. The van der Waals surface area contributed by atoms with E-state index in [2.05, 4.69) is 24.6 Å². The second-order valence-electron chi connectivity index (χ2n) is 9.60. The maximum absolute atomic E-state index is 14.0. The number of piperidine rings is 1. The summed E-state index contributed by atoms with van der Waals surface area (Å²) in [6.07, 6.45) is 1.57. The average Bonchev–Trinajstić information content (AvgIpc) is 3.18. The fraction of sp³-hybridized carbons (Fsp3) is 0.417. The van der Waals surface area contributed by atoms with Gasteiger partial charge >= 0.3 is 0 Å². The van der Waals surface area contributed by atoms with Crippen LogP contribution >= 0.6 is 11.6 Å². The first kappa shape index (κ1) is 23.3. The van der Waals surface area contributed by atoms with Crippen molar-refractivity contribution in [3.63, 3.8) is 0 Å². The van der Waals surface area contributed by atoms with Crippen LogP contribution in [0, 0.1) is 17.3 Å². The molecular formula is C24H23ClFN7O2S. The fourth-order valence-corrected chi connectivity index (χ4v) is 7.06. The zero-order chi connectivity index (χ0) is 25.0. The molecule has 6 rings (SSSR count). The van der Waals surface area contributed by atoms with E-state index in [1.807, 2.05) is 23.1 Å².